The van der Waals surface area contributed by atoms with Crippen molar-refractivity contribution < 1.29 is 33.6 Å². The van der Waals surface area contributed by atoms with E-state index in [1.165, 1.54) is 25.7 Å². The maximum Gasteiger partial charge on any atom is 0.179 e. The molecular weight excluding hydrogens is 265 g/mol. The molecule has 0 aliphatic carbocycles. The van der Waals surface area contributed by atoms with Gasteiger partial charge in [-0.1, -0.05) is 19.8 Å². The lowest BCUT2D eigenvalue weighted by Crippen LogP contribution is -3.00. The molecule has 0 fully saturated rings. The van der Waals surface area contributed by atoms with Gasteiger partial charge in [0.15, 0.2) is 6.73 Å². The first-order valence-electron chi connectivity index (χ1n) is 4.55. The number of aliphatic hydroxyl groups excluding tert-OH is 1. The van der Waals surface area contributed by atoms with Crippen molar-refractivity contribution in [3.05, 3.63) is 0 Å². The smallest absolute Gasteiger partial charge is 0.179 e. The van der Waals surface area contributed by atoms with Gasteiger partial charge in [0.2, 0.25) is 0 Å². The molecule has 2 nitrogen and oxygen atoms in total. The zero-order valence-corrected chi connectivity index (χ0v) is 10.7. The first-order valence-corrected chi connectivity index (χ1v) is 4.55. The Morgan fingerprint density at radius 3 is 2.08 bits per heavy atom. The summed E-state index contributed by atoms with van der Waals surface area (Å²) in [6.07, 6.45) is 5.15. The van der Waals surface area contributed by atoms with Crippen LogP contribution >= 0.6 is 0 Å². The average molecular weight is 287 g/mol. The van der Waals surface area contributed by atoms with Gasteiger partial charge in [0, 0.05) is 0 Å². The van der Waals surface area contributed by atoms with E-state index in [9.17, 15) is 0 Å². The highest BCUT2D eigenvalue weighted by Gasteiger charge is 2.10. The molecule has 0 amide bonds. The van der Waals surface area contributed by atoms with Crippen molar-refractivity contribution in [2.75, 3.05) is 27.4 Å². The minimum absolute atomic E-state index is 0. The number of nitrogens with zero attached hydrogens (tertiary/aromatic N) is 1. The third kappa shape index (κ3) is 8.74. The van der Waals surface area contributed by atoms with E-state index in [1.807, 2.05) is 0 Å². The molecule has 0 aromatic rings. The minimum atomic E-state index is 0. The van der Waals surface area contributed by atoms with E-state index in [4.69, 9.17) is 5.11 Å². The van der Waals surface area contributed by atoms with Crippen LogP contribution in [0.2, 0.25) is 0 Å². The third-order valence-electron chi connectivity index (χ3n) is 2.00. The van der Waals surface area contributed by atoms with Crippen LogP contribution in [0.15, 0.2) is 0 Å². The monoisotopic (exact) mass is 287 g/mol. The molecule has 0 rings (SSSR count). The van der Waals surface area contributed by atoms with E-state index in [2.05, 4.69) is 21.0 Å². The maximum atomic E-state index is 8.92. The normalized spacial score (nSPS) is 11.0. The highest BCUT2D eigenvalue weighted by molar-refractivity contribution is 4.38. The summed E-state index contributed by atoms with van der Waals surface area (Å²) >= 11 is 0. The molecule has 0 heterocycles. The molecule has 3 heteroatoms. The van der Waals surface area contributed by atoms with Gasteiger partial charge in [-0.2, -0.15) is 0 Å². The number of hydrogen-bond donors (Lipinski definition) is 1. The summed E-state index contributed by atoms with van der Waals surface area (Å²) in [7, 11) is 4.12. The van der Waals surface area contributed by atoms with Gasteiger partial charge in [0.05, 0.1) is 20.6 Å². The standard InChI is InChI=1S/C9H22NO.HI/c1-4-5-6-7-8-10(2,3)9-11;/h11H,4-9H2,1-3H3;1H/q+1;/p-1. The summed E-state index contributed by atoms with van der Waals surface area (Å²) in [6, 6.07) is 0. The molecule has 0 saturated heterocycles. The van der Waals surface area contributed by atoms with Gasteiger partial charge in [-0.15, -0.1) is 0 Å². The van der Waals surface area contributed by atoms with Crippen molar-refractivity contribution in [3.63, 3.8) is 0 Å². The van der Waals surface area contributed by atoms with E-state index in [-0.39, 0.29) is 30.7 Å². The molecule has 0 bridgehead atoms. The van der Waals surface area contributed by atoms with Gasteiger partial charge in [0.25, 0.3) is 0 Å². The Kier molecular flexibility index (Phi) is 10.4. The molecule has 0 radical (unpaired) electrons. The van der Waals surface area contributed by atoms with Crippen LogP contribution in [0.25, 0.3) is 0 Å². The molecule has 0 aromatic carbocycles. The Labute approximate surface area is 93.6 Å². The van der Waals surface area contributed by atoms with Gasteiger partial charge < -0.3 is 33.6 Å². The highest BCUT2D eigenvalue weighted by Crippen LogP contribution is 2.03. The molecule has 1 N–H and O–H groups in total. The van der Waals surface area contributed by atoms with E-state index >= 15 is 0 Å². The van der Waals surface area contributed by atoms with Gasteiger partial charge in [0.1, 0.15) is 0 Å². The van der Waals surface area contributed by atoms with Crippen molar-refractivity contribution in [1.29, 1.82) is 0 Å². The zero-order chi connectivity index (χ0) is 8.74. The van der Waals surface area contributed by atoms with E-state index < -0.39 is 0 Å². The van der Waals surface area contributed by atoms with Gasteiger partial charge in [-0.05, 0) is 12.8 Å². The molecular formula is C9H22INO. The topological polar surface area (TPSA) is 20.2 Å². The van der Waals surface area contributed by atoms with Crippen LogP contribution in [0.4, 0.5) is 0 Å². The van der Waals surface area contributed by atoms with Gasteiger partial charge >= 0.3 is 0 Å². The van der Waals surface area contributed by atoms with E-state index in [1.54, 1.807) is 0 Å². The van der Waals surface area contributed by atoms with Crippen LogP contribution in [0, 0.1) is 0 Å². The Morgan fingerprint density at radius 2 is 1.67 bits per heavy atom. The van der Waals surface area contributed by atoms with Crippen molar-refractivity contribution in [2.45, 2.75) is 32.6 Å². The van der Waals surface area contributed by atoms with Crippen LogP contribution in [0.1, 0.15) is 32.6 Å². The van der Waals surface area contributed by atoms with Gasteiger partial charge in [-0.25, -0.2) is 0 Å². The van der Waals surface area contributed by atoms with Crippen LogP contribution in [-0.2, 0) is 0 Å². The van der Waals surface area contributed by atoms with Crippen LogP contribution < -0.4 is 24.0 Å². The molecule has 0 aromatic heterocycles. The first kappa shape index (κ1) is 15.1. The lowest BCUT2D eigenvalue weighted by atomic mass is 10.2. The molecule has 0 aliphatic rings. The third-order valence-corrected chi connectivity index (χ3v) is 2.00. The Morgan fingerprint density at radius 1 is 1.08 bits per heavy atom. The SMILES string of the molecule is CCCCCC[N+](C)(C)CO.[I-]. The number of unbranched alkanes of at least 4 members (excludes halogenated alkanes) is 3. The predicted molar refractivity (Wildman–Crippen MR) is 48.2 cm³/mol. The van der Waals surface area contributed by atoms with Crippen molar-refractivity contribution in [3.8, 4) is 0 Å². The predicted octanol–water partition coefficient (Wildman–Crippen LogP) is -1.40. The lowest BCUT2D eigenvalue weighted by molar-refractivity contribution is -0.909. The fourth-order valence-electron chi connectivity index (χ4n) is 1.04. The summed E-state index contributed by atoms with van der Waals surface area (Å²) in [5, 5.41) is 8.92. The van der Waals surface area contributed by atoms with Crippen molar-refractivity contribution in [1.82, 2.24) is 0 Å². The van der Waals surface area contributed by atoms with E-state index in [0.29, 0.717) is 0 Å². The van der Waals surface area contributed by atoms with E-state index in [0.717, 1.165) is 11.0 Å². The quantitative estimate of drug-likeness (QED) is 0.276. The van der Waals surface area contributed by atoms with Crippen LogP contribution in [0.3, 0.4) is 0 Å². The summed E-state index contributed by atoms with van der Waals surface area (Å²) in [5.41, 5.74) is 0. The number of hydrogen-bond acceptors (Lipinski definition) is 1. The fourth-order valence-corrected chi connectivity index (χ4v) is 1.04. The summed E-state index contributed by atoms with van der Waals surface area (Å²) in [6.45, 7) is 3.56. The Bertz CT molecular complexity index is 96.5. The largest absolute Gasteiger partial charge is 1.00 e. The second-order valence-corrected chi connectivity index (χ2v) is 3.86. The molecule has 0 saturated carbocycles. The summed E-state index contributed by atoms with van der Waals surface area (Å²) < 4.78 is 0.740. The fraction of sp³-hybridized carbons (Fsp3) is 1.00. The lowest BCUT2D eigenvalue weighted by Gasteiger charge is -2.26. The molecule has 0 aliphatic heterocycles. The second kappa shape index (κ2) is 8.26. The molecule has 0 spiro atoms. The van der Waals surface area contributed by atoms with Crippen LogP contribution in [-0.4, -0.2) is 37.0 Å². The average Bonchev–Trinajstić information content (AvgIpc) is 1.99. The second-order valence-electron chi connectivity index (χ2n) is 3.86. The Hall–Kier alpha value is 0.650. The zero-order valence-electron chi connectivity index (χ0n) is 8.52. The summed E-state index contributed by atoms with van der Waals surface area (Å²) in [4.78, 5) is 0. The Balaban J connectivity index is 0. The molecule has 76 valence electrons. The number of halogens is 1. The van der Waals surface area contributed by atoms with Crippen LogP contribution in [0.5, 0.6) is 0 Å². The number of quaternary nitrogens is 1. The molecule has 0 unspecified atom stereocenters. The summed E-state index contributed by atoms with van der Waals surface area (Å²) in [5.74, 6) is 0. The highest BCUT2D eigenvalue weighted by atomic mass is 127. The van der Waals surface area contributed by atoms with Crippen molar-refractivity contribution >= 4 is 0 Å². The minimum Gasteiger partial charge on any atom is -1.00 e. The number of rotatable bonds is 6. The first-order chi connectivity index (χ1) is 5.12. The molecule has 0 atom stereocenters. The number of aliphatic hydroxyl groups is 1. The molecule has 12 heavy (non-hydrogen) atoms. The van der Waals surface area contributed by atoms with Gasteiger partial charge in [-0.3, -0.25) is 0 Å². The van der Waals surface area contributed by atoms with Crippen molar-refractivity contribution in [2.24, 2.45) is 0 Å². The maximum absolute atomic E-state index is 8.92.